The first-order valence-electron chi connectivity index (χ1n) is 5.62. The average molecular weight is 254 g/mol. The molecule has 19 heavy (non-hydrogen) atoms. The van der Waals surface area contributed by atoms with Crippen molar-refractivity contribution >= 4 is 0 Å². The zero-order valence-corrected chi connectivity index (χ0v) is 9.89. The summed E-state index contributed by atoms with van der Waals surface area (Å²) in [7, 11) is 0. The van der Waals surface area contributed by atoms with E-state index in [0.29, 0.717) is 24.0 Å². The molecule has 0 fully saturated rings. The summed E-state index contributed by atoms with van der Waals surface area (Å²) in [6.07, 6.45) is 6.27. The Morgan fingerprint density at radius 3 is 2.95 bits per heavy atom. The van der Waals surface area contributed by atoms with Gasteiger partial charge in [0.15, 0.2) is 5.82 Å². The number of nitrogens with one attached hydrogen (secondary N) is 1. The maximum Gasteiger partial charge on any atom is 0.233 e. The van der Waals surface area contributed by atoms with Gasteiger partial charge in [0, 0.05) is 6.20 Å². The van der Waals surface area contributed by atoms with E-state index in [1.54, 1.807) is 18.6 Å². The van der Waals surface area contributed by atoms with Crippen LogP contribution in [0, 0.1) is 0 Å². The normalized spacial score (nSPS) is 10.3. The van der Waals surface area contributed by atoms with Crippen molar-refractivity contribution in [3.05, 3.63) is 48.8 Å². The molecule has 0 bridgehead atoms. The predicted octanol–water partition coefficient (Wildman–Crippen LogP) is 1.24. The van der Waals surface area contributed by atoms with Crippen LogP contribution >= 0.6 is 0 Å². The Morgan fingerprint density at radius 1 is 1.16 bits per heavy atom. The van der Waals surface area contributed by atoms with Crippen molar-refractivity contribution in [1.29, 1.82) is 0 Å². The summed E-state index contributed by atoms with van der Waals surface area (Å²) < 4.78 is 5.53. The maximum absolute atomic E-state index is 5.53. The monoisotopic (exact) mass is 254 g/mol. The van der Waals surface area contributed by atoms with Crippen molar-refractivity contribution in [2.45, 2.75) is 6.61 Å². The Morgan fingerprint density at radius 2 is 2.16 bits per heavy atom. The minimum atomic E-state index is 0.343. The molecule has 1 N–H and O–H groups in total. The molecule has 0 aliphatic heterocycles. The number of nitrogens with zero attached hydrogens (tertiary/aromatic N) is 5. The van der Waals surface area contributed by atoms with Gasteiger partial charge >= 0.3 is 0 Å². The van der Waals surface area contributed by atoms with Crippen molar-refractivity contribution in [2.75, 3.05) is 0 Å². The van der Waals surface area contributed by atoms with Crippen LogP contribution in [-0.4, -0.2) is 30.1 Å². The van der Waals surface area contributed by atoms with Crippen molar-refractivity contribution in [3.63, 3.8) is 0 Å². The van der Waals surface area contributed by atoms with Gasteiger partial charge in [-0.15, -0.1) is 0 Å². The molecule has 0 saturated heterocycles. The molecule has 0 amide bonds. The van der Waals surface area contributed by atoms with Gasteiger partial charge in [0.25, 0.3) is 0 Å². The van der Waals surface area contributed by atoms with Gasteiger partial charge in [-0.3, -0.25) is 15.1 Å². The molecule has 0 aromatic carbocycles. The number of aromatic nitrogens is 6. The summed E-state index contributed by atoms with van der Waals surface area (Å²) in [6.45, 7) is 0.343. The van der Waals surface area contributed by atoms with Crippen molar-refractivity contribution in [2.24, 2.45) is 0 Å². The van der Waals surface area contributed by atoms with Gasteiger partial charge in [0.1, 0.15) is 18.6 Å². The summed E-state index contributed by atoms with van der Waals surface area (Å²) >= 11 is 0. The van der Waals surface area contributed by atoms with Crippen LogP contribution in [0.5, 0.6) is 5.88 Å². The predicted molar refractivity (Wildman–Crippen MR) is 66.0 cm³/mol. The highest BCUT2D eigenvalue weighted by molar-refractivity contribution is 5.46. The van der Waals surface area contributed by atoms with Crippen LogP contribution < -0.4 is 4.74 Å². The van der Waals surface area contributed by atoms with Crippen LogP contribution in [0.15, 0.2) is 43.1 Å². The second-order valence-corrected chi connectivity index (χ2v) is 3.69. The lowest BCUT2D eigenvalue weighted by Gasteiger charge is -2.04. The van der Waals surface area contributed by atoms with Gasteiger partial charge in [-0.2, -0.15) is 5.10 Å². The van der Waals surface area contributed by atoms with E-state index in [-0.39, 0.29) is 0 Å². The van der Waals surface area contributed by atoms with Crippen LogP contribution in [0.3, 0.4) is 0 Å². The summed E-state index contributed by atoms with van der Waals surface area (Å²) in [5, 5.41) is 6.49. The third-order valence-corrected chi connectivity index (χ3v) is 2.36. The molecular formula is C12H10N6O. The van der Waals surface area contributed by atoms with Crippen LogP contribution in [0.1, 0.15) is 5.69 Å². The SMILES string of the molecule is c1ccc(COc2cncc(-c3ncn[nH]3)n2)nc1. The van der Waals surface area contributed by atoms with Gasteiger partial charge in [0.2, 0.25) is 5.88 Å². The van der Waals surface area contributed by atoms with E-state index in [4.69, 9.17) is 4.74 Å². The van der Waals surface area contributed by atoms with E-state index in [1.807, 2.05) is 18.2 Å². The molecule has 3 rings (SSSR count). The summed E-state index contributed by atoms with van der Waals surface area (Å²) in [5.41, 5.74) is 1.41. The van der Waals surface area contributed by atoms with Gasteiger partial charge in [-0.25, -0.2) is 9.97 Å². The Balaban J connectivity index is 1.74. The lowest BCUT2D eigenvalue weighted by molar-refractivity contribution is 0.288. The summed E-state index contributed by atoms with van der Waals surface area (Å²) in [5.74, 6) is 0.968. The number of aromatic amines is 1. The van der Waals surface area contributed by atoms with E-state index < -0.39 is 0 Å². The van der Waals surface area contributed by atoms with Crippen LogP contribution in [0.4, 0.5) is 0 Å². The van der Waals surface area contributed by atoms with Crippen LogP contribution in [0.25, 0.3) is 11.5 Å². The van der Waals surface area contributed by atoms with Crippen LogP contribution in [0.2, 0.25) is 0 Å². The number of ether oxygens (including phenoxy) is 1. The molecule has 0 atom stereocenters. The smallest absolute Gasteiger partial charge is 0.233 e. The highest BCUT2D eigenvalue weighted by atomic mass is 16.5. The zero-order valence-electron chi connectivity index (χ0n) is 9.89. The van der Waals surface area contributed by atoms with E-state index in [1.165, 1.54) is 6.33 Å². The number of pyridine rings is 1. The van der Waals surface area contributed by atoms with E-state index in [2.05, 4.69) is 30.1 Å². The third-order valence-electron chi connectivity index (χ3n) is 2.36. The number of hydrogen-bond acceptors (Lipinski definition) is 6. The second kappa shape index (κ2) is 5.21. The summed E-state index contributed by atoms with van der Waals surface area (Å²) in [4.78, 5) is 16.5. The van der Waals surface area contributed by atoms with Crippen molar-refractivity contribution in [1.82, 2.24) is 30.1 Å². The minimum absolute atomic E-state index is 0.343. The van der Waals surface area contributed by atoms with E-state index in [0.717, 1.165) is 5.69 Å². The first kappa shape index (κ1) is 11.3. The molecular weight excluding hydrogens is 244 g/mol. The molecule has 0 aliphatic rings. The first-order valence-corrected chi connectivity index (χ1v) is 5.62. The van der Waals surface area contributed by atoms with Gasteiger partial charge in [-0.05, 0) is 12.1 Å². The first-order chi connectivity index (χ1) is 9.42. The van der Waals surface area contributed by atoms with E-state index >= 15 is 0 Å². The fourth-order valence-electron chi connectivity index (χ4n) is 1.49. The van der Waals surface area contributed by atoms with Crippen molar-refractivity contribution < 1.29 is 4.74 Å². The molecule has 0 saturated carbocycles. The fraction of sp³-hybridized carbons (Fsp3) is 0.0833. The topological polar surface area (TPSA) is 89.5 Å². The molecule has 0 spiro atoms. The second-order valence-electron chi connectivity index (χ2n) is 3.69. The van der Waals surface area contributed by atoms with Gasteiger partial charge < -0.3 is 4.74 Å². The Bertz CT molecular complexity index is 640. The average Bonchev–Trinajstić information content (AvgIpc) is 3.01. The number of H-pyrrole nitrogens is 1. The molecule has 0 unspecified atom stereocenters. The highest BCUT2D eigenvalue weighted by Crippen LogP contribution is 2.14. The molecule has 3 aromatic rings. The van der Waals surface area contributed by atoms with Gasteiger partial charge in [0.05, 0.1) is 18.1 Å². The molecule has 7 nitrogen and oxygen atoms in total. The molecule has 3 heterocycles. The maximum atomic E-state index is 5.53. The molecule has 0 aliphatic carbocycles. The lowest BCUT2D eigenvalue weighted by Crippen LogP contribution is -2.00. The fourth-order valence-corrected chi connectivity index (χ4v) is 1.49. The molecule has 3 aromatic heterocycles. The van der Waals surface area contributed by atoms with Crippen molar-refractivity contribution in [3.8, 4) is 17.4 Å². The highest BCUT2D eigenvalue weighted by Gasteiger charge is 2.05. The zero-order chi connectivity index (χ0) is 12.9. The standard InChI is InChI=1S/C12H10N6O/c1-2-4-14-9(3-1)7-19-11-6-13-5-10(17-11)12-15-8-16-18-12/h1-6,8H,7H2,(H,15,16,18). The number of hydrogen-bond donors (Lipinski definition) is 1. The Kier molecular flexibility index (Phi) is 3.09. The largest absolute Gasteiger partial charge is 0.470 e. The third kappa shape index (κ3) is 2.71. The Labute approximate surface area is 108 Å². The summed E-state index contributed by atoms with van der Waals surface area (Å²) in [6, 6.07) is 5.64. The van der Waals surface area contributed by atoms with Gasteiger partial charge in [-0.1, -0.05) is 6.07 Å². The molecule has 0 radical (unpaired) electrons. The Hall–Kier alpha value is -2.83. The van der Waals surface area contributed by atoms with E-state index in [9.17, 15) is 0 Å². The van der Waals surface area contributed by atoms with Crippen LogP contribution in [-0.2, 0) is 6.61 Å². The minimum Gasteiger partial charge on any atom is -0.470 e. The molecule has 94 valence electrons. The number of rotatable bonds is 4. The quantitative estimate of drug-likeness (QED) is 0.753. The molecule has 7 heteroatoms. The lowest BCUT2D eigenvalue weighted by atomic mass is 10.4.